The Hall–Kier alpha value is -0.810. The fourth-order valence-corrected chi connectivity index (χ4v) is 4.73. The van der Waals surface area contributed by atoms with Gasteiger partial charge in [-0.15, -0.1) is 0 Å². The second-order valence-electron chi connectivity index (χ2n) is 7.72. The van der Waals surface area contributed by atoms with E-state index in [1.807, 2.05) is 0 Å². The Labute approximate surface area is 146 Å². The monoisotopic (exact) mass is 337 g/mol. The molecule has 1 atom stereocenters. The van der Waals surface area contributed by atoms with Crippen LogP contribution in [0.15, 0.2) is 47.5 Å². The summed E-state index contributed by atoms with van der Waals surface area (Å²) in [6.07, 6.45) is 8.46. The summed E-state index contributed by atoms with van der Waals surface area (Å²) in [5, 5.41) is 1.42. The molecule has 0 aliphatic heterocycles. The van der Waals surface area contributed by atoms with Crippen LogP contribution >= 0.6 is 7.26 Å². The van der Waals surface area contributed by atoms with E-state index in [2.05, 4.69) is 73.0 Å². The molecule has 0 bridgehead atoms. The van der Waals surface area contributed by atoms with E-state index < -0.39 is 7.26 Å². The first-order chi connectivity index (χ1) is 10.6. The van der Waals surface area contributed by atoms with Crippen molar-refractivity contribution < 1.29 is 0 Å². The summed E-state index contributed by atoms with van der Waals surface area (Å²) < 4.78 is 0. The zero-order valence-electron chi connectivity index (χ0n) is 16.6. The molecule has 0 heterocycles. The molecule has 0 aromatic carbocycles. The molecular weight excluding hydrogens is 297 g/mol. The molecule has 0 rings (SSSR count). The van der Waals surface area contributed by atoms with Gasteiger partial charge in [0, 0.05) is 0 Å². The molecule has 0 aliphatic rings. The van der Waals surface area contributed by atoms with Crippen LogP contribution in [0.25, 0.3) is 0 Å². The molecule has 23 heavy (non-hydrogen) atoms. The van der Waals surface area contributed by atoms with Crippen molar-refractivity contribution in [3.8, 4) is 0 Å². The Morgan fingerprint density at radius 1 is 1.04 bits per heavy atom. The second kappa shape index (κ2) is 10.1. The molecule has 0 aliphatic carbocycles. The third-order valence-electron chi connectivity index (χ3n) is 4.86. The predicted molar refractivity (Wildman–Crippen MR) is 113 cm³/mol. The normalized spacial score (nSPS) is 15.7. The number of hydrogen-bond acceptors (Lipinski definition) is 1. The average molecular weight is 338 g/mol. The van der Waals surface area contributed by atoms with Crippen molar-refractivity contribution in [3.05, 3.63) is 47.5 Å². The van der Waals surface area contributed by atoms with Crippen LogP contribution in [0.1, 0.15) is 53.4 Å². The molecule has 2 N–H and O–H groups in total. The van der Waals surface area contributed by atoms with E-state index in [4.69, 9.17) is 5.73 Å². The van der Waals surface area contributed by atoms with Gasteiger partial charge in [0.05, 0.1) is 0 Å². The van der Waals surface area contributed by atoms with Crippen molar-refractivity contribution in [2.24, 2.45) is 17.6 Å². The molecule has 1 nitrogen and oxygen atoms in total. The molecule has 0 radical (unpaired) electrons. The molecule has 0 spiro atoms. The summed E-state index contributed by atoms with van der Waals surface area (Å²) >= 11 is 0. The van der Waals surface area contributed by atoms with Crippen LogP contribution < -0.4 is 5.73 Å². The van der Waals surface area contributed by atoms with E-state index in [0.717, 1.165) is 37.0 Å². The van der Waals surface area contributed by atoms with Crippen molar-refractivity contribution in [3.63, 3.8) is 0 Å². The molecule has 0 fully saturated rings. The molecule has 0 saturated heterocycles. The third-order valence-corrected chi connectivity index (χ3v) is 7.27. The van der Waals surface area contributed by atoms with Gasteiger partial charge in [0.2, 0.25) is 0 Å². The van der Waals surface area contributed by atoms with Gasteiger partial charge in [-0.2, -0.15) is 0 Å². The van der Waals surface area contributed by atoms with Crippen LogP contribution in [-0.2, 0) is 0 Å². The minimum absolute atomic E-state index is 0.494. The zero-order valence-corrected chi connectivity index (χ0v) is 17.6. The van der Waals surface area contributed by atoms with E-state index in [-0.39, 0.29) is 0 Å². The van der Waals surface area contributed by atoms with Crippen LogP contribution in [0.3, 0.4) is 0 Å². The summed E-state index contributed by atoms with van der Waals surface area (Å²) in [6, 6.07) is 0. The summed E-state index contributed by atoms with van der Waals surface area (Å²) in [4.78, 5) is 0. The van der Waals surface area contributed by atoms with E-state index in [0.29, 0.717) is 11.8 Å². The van der Waals surface area contributed by atoms with Gasteiger partial charge in [-0.25, -0.2) is 0 Å². The Balaban J connectivity index is 4.95. The Bertz CT molecular complexity index is 459. The van der Waals surface area contributed by atoms with Crippen molar-refractivity contribution in [1.82, 2.24) is 0 Å². The van der Waals surface area contributed by atoms with Crippen LogP contribution in [0.5, 0.6) is 0 Å². The maximum atomic E-state index is 6.33. The van der Waals surface area contributed by atoms with Gasteiger partial charge in [0.1, 0.15) is 0 Å². The molecule has 1 unspecified atom stereocenters. The van der Waals surface area contributed by atoms with Gasteiger partial charge in [-0.05, 0) is 0 Å². The molecule has 134 valence electrons. The van der Waals surface area contributed by atoms with Crippen LogP contribution in [0, 0.1) is 11.8 Å². The molecular formula is C21H40NP. The first-order valence-corrected chi connectivity index (χ1v) is 12.6. The second-order valence-corrected chi connectivity index (χ2v) is 12.9. The third kappa shape index (κ3) is 7.53. The van der Waals surface area contributed by atoms with Gasteiger partial charge in [0.15, 0.2) is 0 Å². The molecule has 0 saturated carbocycles. The maximum absolute atomic E-state index is 6.33. The Kier molecular flexibility index (Phi) is 9.78. The van der Waals surface area contributed by atoms with E-state index in [1.54, 1.807) is 0 Å². The molecule has 0 amide bonds. The summed E-state index contributed by atoms with van der Waals surface area (Å²) in [7, 11) is -1.28. The summed E-state index contributed by atoms with van der Waals surface area (Å²) in [5.41, 5.74) is 9.79. The summed E-state index contributed by atoms with van der Waals surface area (Å²) in [5.74, 6) is 1.09. The standard InChI is InChI=1S/C21H40NP/c1-10-19(11-2)20(12-3)21(22)14-13-16(4)15-17(5)18(6)23(7,8)9/h13-14,17,19,23H,4,6,10-12,15,22H2,1-3,5,7-9H3/b14-13-,21-20-. The topological polar surface area (TPSA) is 26.0 Å². The molecule has 0 aromatic heterocycles. The van der Waals surface area contributed by atoms with E-state index >= 15 is 0 Å². The molecule has 2 heteroatoms. The van der Waals surface area contributed by atoms with Crippen molar-refractivity contribution >= 4 is 7.26 Å². The minimum atomic E-state index is -1.28. The predicted octanol–water partition coefficient (Wildman–Crippen LogP) is 6.34. The SMILES string of the molecule is C=C(/C=C\C(N)=C(/CC)C(CC)CC)CC(C)C(=C)[PH](C)(C)C. The average Bonchev–Trinajstić information content (AvgIpc) is 2.48. The fourth-order valence-electron chi connectivity index (χ4n) is 3.15. The van der Waals surface area contributed by atoms with Gasteiger partial charge < -0.3 is 0 Å². The fraction of sp³-hybridized carbons (Fsp3) is 0.619. The van der Waals surface area contributed by atoms with Crippen LogP contribution in [-0.4, -0.2) is 20.0 Å². The number of rotatable bonds is 10. The van der Waals surface area contributed by atoms with Crippen molar-refractivity contribution in [1.29, 1.82) is 0 Å². The van der Waals surface area contributed by atoms with Gasteiger partial charge in [-0.3, -0.25) is 0 Å². The zero-order chi connectivity index (χ0) is 18.2. The summed E-state index contributed by atoms with van der Waals surface area (Å²) in [6.45, 7) is 24.5. The van der Waals surface area contributed by atoms with Gasteiger partial charge in [0.25, 0.3) is 0 Å². The Morgan fingerprint density at radius 2 is 1.57 bits per heavy atom. The number of hydrogen-bond donors (Lipinski definition) is 1. The quantitative estimate of drug-likeness (QED) is 0.365. The Morgan fingerprint density at radius 3 is 1.96 bits per heavy atom. The van der Waals surface area contributed by atoms with E-state index in [1.165, 1.54) is 10.9 Å². The van der Waals surface area contributed by atoms with Crippen LogP contribution in [0.4, 0.5) is 0 Å². The molecule has 0 aromatic rings. The number of allylic oxidation sites excluding steroid dienone is 5. The van der Waals surface area contributed by atoms with Crippen molar-refractivity contribution in [2.75, 3.05) is 20.0 Å². The van der Waals surface area contributed by atoms with E-state index in [9.17, 15) is 0 Å². The van der Waals surface area contributed by atoms with Crippen molar-refractivity contribution in [2.45, 2.75) is 53.4 Å². The first-order valence-electron chi connectivity index (χ1n) is 9.11. The van der Waals surface area contributed by atoms with Crippen LogP contribution in [0.2, 0.25) is 0 Å². The number of nitrogens with two attached hydrogens (primary N) is 1. The first kappa shape index (κ1) is 22.2. The van der Waals surface area contributed by atoms with Gasteiger partial charge in [-0.1, -0.05) is 0 Å². The van der Waals surface area contributed by atoms with Gasteiger partial charge >= 0.3 is 146 Å².